The van der Waals surface area contributed by atoms with Crippen LogP contribution in [0.1, 0.15) is 11.5 Å². The lowest BCUT2D eigenvalue weighted by Gasteiger charge is -2.16. The number of nitrogens with zero attached hydrogens (tertiary/aromatic N) is 1. The van der Waals surface area contributed by atoms with Crippen molar-refractivity contribution in [3.8, 4) is 0 Å². The SMILES string of the molecule is N/C(=N/O)C(CNCCSC(F)(F)F)c1ccccc1. The van der Waals surface area contributed by atoms with Crippen LogP contribution in [0.25, 0.3) is 0 Å². The Bertz CT molecular complexity index is 426. The summed E-state index contributed by atoms with van der Waals surface area (Å²) in [5, 5.41) is 14.6. The molecule has 0 spiro atoms. The lowest BCUT2D eigenvalue weighted by molar-refractivity contribution is -0.0327. The van der Waals surface area contributed by atoms with Crippen LogP contribution in [-0.4, -0.2) is 35.4 Å². The summed E-state index contributed by atoms with van der Waals surface area (Å²) in [6, 6.07) is 9.09. The number of alkyl halides is 3. The van der Waals surface area contributed by atoms with Gasteiger partial charge in [0.05, 0.1) is 5.92 Å². The van der Waals surface area contributed by atoms with Crippen LogP contribution in [0.3, 0.4) is 0 Å². The number of nitrogens with two attached hydrogens (primary N) is 1. The van der Waals surface area contributed by atoms with Crippen molar-refractivity contribution in [2.24, 2.45) is 10.9 Å². The predicted molar refractivity (Wildman–Crippen MR) is 74.0 cm³/mol. The number of hydrogen-bond donors (Lipinski definition) is 3. The first-order valence-electron chi connectivity index (χ1n) is 5.88. The molecule has 0 radical (unpaired) electrons. The lowest BCUT2D eigenvalue weighted by atomic mass is 9.98. The highest BCUT2D eigenvalue weighted by atomic mass is 32.2. The molecule has 0 saturated heterocycles. The quantitative estimate of drug-likeness (QED) is 0.238. The van der Waals surface area contributed by atoms with Gasteiger partial charge in [-0.3, -0.25) is 0 Å². The molecule has 112 valence electrons. The molecule has 0 heterocycles. The summed E-state index contributed by atoms with van der Waals surface area (Å²) in [6.45, 7) is 0.491. The van der Waals surface area contributed by atoms with E-state index in [1.807, 2.05) is 30.3 Å². The third-order valence-electron chi connectivity index (χ3n) is 2.57. The average Bonchev–Trinajstić information content (AvgIpc) is 2.42. The lowest BCUT2D eigenvalue weighted by Crippen LogP contribution is -2.32. The summed E-state index contributed by atoms with van der Waals surface area (Å²) in [5.74, 6) is -0.439. The summed E-state index contributed by atoms with van der Waals surface area (Å²) < 4.78 is 35.9. The molecule has 0 aliphatic heterocycles. The molecule has 1 rings (SSSR count). The molecule has 4 N–H and O–H groups in total. The van der Waals surface area contributed by atoms with Gasteiger partial charge in [-0.25, -0.2) is 0 Å². The van der Waals surface area contributed by atoms with E-state index in [1.165, 1.54) is 0 Å². The molecule has 0 amide bonds. The van der Waals surface area contributed by atoms with Gasteiger partial charge in [-0.2, -0.15) is 13.2 Å². The Balaban J connectivity index is 2.48. The predicted octanol–water partition coefficient (Wildman–Crippen LogP) is 2.36. The number of amidine groups is 1. The van der Waals surface area contributed by atoms with E-state index >= 15 is 0 Å². The van der Waals surface area contributed by atoms with E-state index < -0.39 is 5.51 Å². The molecule has 0 aromatic heterocycles. The van der Waals surface area contributed by atoms with Crippen molar-refractivity contribution in [1.29, 1.82) is 0 Å². The molecule has 1 aromatic rings. The van der Waals surface area contributed by atoms with Crippen molar-refractivity contribution >= 4 is 17.6 Å². The number of halogens is 3. The van der Waals surface area contributed by atoms with Gasteiger partial charge < -0.3 is 16.3 Å². The van der Waals surface area contributed by atoms with Crippen LogP contribution in [0.5, 0.6) is 0 Å². The monoisotopic (exact) mass is 307 g/mol. The van der Waals surface area contributed by atoms with Crippen molar-refractivity contribution in [3.05, 3.63) is 35.9 Å². The zero-order valence-corrected chi connectivity index (χ0v) is 11.4. The number of rotatable bonds is 7. The van der Waals surface area contributed by atoms with Crippen molar-refractivity contribution in [1.82, 2.24) is 5.32 Å². The molecular weight excluding hydrogens is 291 g/mol. The van der Waals surface area contributed by atoms with Crippen LogP contribution in [0.4, 0.5) is 13.2 Å². The highest BCUT2D eigenvalue weighted by Crippen LogP contribution is 2.29. The Labute approximate surface area is 119 Å². The molecule has 1 unspecified atom stereocenters. The molecule has 4 nitrogen and oxygen atoms in total. The Kier molecular flexibility index (Phi) is 6.66. The van der Waals surface area contributed by atoms with Crippen LogP contribution >= 0.6 is 11.8 Å². The van der Waals surface area contributed by atoms with Crippen molar-refractivity contribution in [3.63, 3.8) is 0 Å². The standard InChI is InChI=1S/C12H16F3N3OS/c13-12(14,15)20-7-6-17-8-10(11(16)18-19)9-4-2-1-3-5-9/h1-5,10,17,19H,6-8H2,(H2,16,18). The third-order valence-corrected chi connectivity index (χ3v) is 3.30. The molecule has 0 aliphatic rings. The molecule has 0 bridgehead atoms. The van der Waals surface area contributed by atoms with E-state index in [9.17, 15) is 13.2 Å². The van der Waals surface area contributed by atoms with E-state index in [1.54, 1.807) is 0 Å². The Morgan fingerprint density at radius 2 is 2.00 bits per heavy atom. The first kappa shape index (κ1) is 16.6. The molecule has 0 fully saturated rings. The summed E-state index contributed by atoms with van der Waals surface area (Å²) in [6.07, 6.45) is 0. The molecule has 8 heteroatoms. The highest BCUT2D eigenvalue weighted by Gasteiger charge is 2.27. The second-order valence-electron chi connectivity index (χ2n) is 3.99. The Morgan fingerprint density at radius 1 is 1.35 bits per heavy atom. The van der Waals surface area contributed by atoms with Crippen LogP contribution in [0, 0.1) is 0 Å². The molecule has 1 aromatic carbocycles. The zero-order chi connectivity index (χ0) is 15.0. The minimum absolute atomic E-state index is 0.0205. The van der Waals surface area contributed by atoms with Gasteiger partial charge in [0.2, 0.25) is 0 Å². The van der Waals surface area contributed by atoms with Crippen molar-refractivity contribution in [2.45, 2.75) is 11.4 Å². The van der Waals surface area contributed by atoms with Crippen LogP contribution in [0.15, 0.2) is 35.5 Å². The van der Waals surface area contributed by atoms with Crippen LogP contribution in [-0.2, 0) is 0 Å². The Morgan fingerprint density at radius 3 is 2.55 bits per heavy atom. The number of thioether (sulfide) groups is 1. The summed E-state index contributed by atoms with van der Waals surface area (Å²) in [7, 11) is 0. The largest absolute Gasteiger partial charge is 0.441 e. The van der Waals surface area contributed by atoms with E-state index in [4.69, 9.17) is 10.9 Å². The average molecular weight is 307 g/mol. The Hall–Kier alpha value is -1.41. The topological polar surface area (TPSA) is 70.6 Å². The minimum atomic E-state index is -4.22. The second kappa shape index (κ2) is 8.01. The first-order chi connectivity index (χ1) is 9.44. The molecule has 0 saturated carbocycles. The van der Waals surface area contributed by atoms with Gasteiger partial charge in [0, 0.05) is 18.8 Å². The number of benzene rings is 1. The van der Waals surface area contributed by atoms with Gasteiger partial charge in [-0.1, -0.05) is 35.5 Å². The van der Waals surface area contributed by atoms with E-state index in [0.717, 1.165) is 5.56 Å². The van der Waals surface area contributed by atoms with Gasteiger partial charge in [0.25, 0.3) is 0 Å². The molecular formula is C12H16F3N3OS. The van der Waals surface area contributed by atoms with Crippen LogP contribution < -0.4 is 11.1 Å². The zero-order valence-electron chi connectivity index (χ0n) is 10.6. The van der Waals surface area contributed by atoms with Gasteiger partial charge in [-0.15, -0.1) is 0 Å². The molecule has 0 aliphatic carbocycles. The van der Waals surface area contributed by atoms with Crippen molar-refractivity contribution in [2.75, 3.05) is 18.8 Å². The van der Waals surface area contributed by atoms with E-state index in [2.05, 4.69) is 10.5 Å². The fourth-order valence-corrected chi connectivity index (χ4v) is 2.11. The van der Waals surface area contributed by atoms with Crippen molar-refractivity contribution < 1.29 is 18.4 Å². The van der Waals surface area contributed by atoms with Gasteiger partial charge in [0.1, 0.15) is 5.84 Å². The fourth-order valence-electron chi connectivity index (χ4n) is 1.63. The van der Waals surface area contributed by atoms with E-state index in [0.29, 0.717) is 6.54 Å². The van der Waals surface area contributed by atoms with Gasteiger partial charge in [0.15, 0.2) is 0 Å². The minimum Gasteiger partial charge on any atom is -0.409 e. The summed E-state index contributed by atoms with van der Waals surface area (Å²) >= 11 is -0.0782. The number of hydrogen-bond acceptors (Lipinski definition) is 4. The maximum atomic E-state index is 12.0. The van der Waals surface area contributed by atoms with Gasteiger partial charge in [-0.05, 0) is 17.3 Å². The second-order valence-corrected chi connectivity index (χ2v) is 5.15. The maximum Gasteiger partial charge on any atom is 0.441 e. The molecule has 1 atom stereocenters. The number of nitrogens with one attached hydrogen (secondary N) is 1. The summed E-state index contributed by atoms with van der Waals surface area (Å²) in [4.78, 5) is 0. The molecule has 20 heavy (non-hydrogen) atoms. The number of oxime groups is 1. The van der Waals surface area contributed by atoms with Crippen LogP contribution in [0.2, 0.25) is 0 Å². The maximum absolute atomic E-state index is 12.0. The van der Waals surface area contributed by atoms with Gasteiger partial charge >= 0.3 is 5.51 Å². The van der Waals surface area contributed by atoms with E-state index in [-0.39, 0.29) is 35.8 Å². The normalized spacial score (nSPS) is 14.2. The fraction of sp³-hybridized carbons (Fsp3) is 0.417. The smallest absolute Gasteiger partial charge is 0.409 e. The first-order valence-corrected chi connectivity index (χ1v) is 6.86. The highest BCUT2D eigenvalue weighted by molar-refractivity contribution is 8.00. The summed E-state index contributed by atoms with van der Waals surface area (Å²) in [5.41, 5.74) is 2.22. The third kappa shape index (κ3) is 6.16.